The van der Waals surface area contributed by atoms with E-state index in [1.165, 1.54) is 5.57 Å². The van der Waals surface area contributed by atoms with Crippen LogP contribution in [-0.2, 0) is 0 Å². The molecule has 0 bridgehead atoms. The van der Waals surface area contributed by atoms with Gasteiger partial charge in [-0.05, 0) is 37.7 Å². The van der Waals surface area contributed by atoms with Gasteiger partial charge in [0.05, 0.1) is 5.60 Å². The highest BCUT2D eigenvalue weighted by molar-refractivity contribution is 5.22. The lowest BCUT2D eigenvalue weighted by Crippen LogP contribution is -2.25. The van der Waals surface area contributed by atoms with E-state index in [-0.39, 0.29) is 0 Å². The second-order valence-electron chi connectivity index (χ2n) is 4.22. The summed E-state index contributed by atoms with van der Waals surface area (Å²) in [5, 5.41) is 9.74. The number of aliphatic hydroxyl groups is 1. The average Bonchev–Trinajstić information content (AvgIpc) is 2.11. The summed E-state index contributed by atoms with van der Waals surface area (Å²) < 4.78 is 0. The Hall–Kier alpha value is -0.300. The van der Waals surface area contributed by atoms with Crippen molar-refractivity contribution in [1.82, 2.24) is 0 Å². The van der Waals surface area contributed by atoms with Gasteiger partial charge < -0.3 is 5.11 Å². The molecule has 0 aromatic heterocycles. The molecule has 0 fully saturated rings. The van der Waals surface area contributed by atoms with Gasteiger partial charge in [0.1, 0.15) is 0 Å². The van der Waals surface area contributed by atoms with Crippen molar-refractivity contribution < 1.29 is 5.11 Å². The minimum absolute atomic E-state index is 0.551. The Morgan fingerprint density at radius 3 is 2.18 bits per heavy atom. The van der Waals surface area contributed by atoms with Crippen molar-refractivity contribution in [2.75, 3.05) is 0 Å². The lowest BCUT2D eigenvalue weighted by atomic mass is 9.86. The molecule has 0 spiro atoms. The van der Waals surface area contributed by atoms with E-state index in [9.17, 15) is 5.11 Å². The molecule has 11 heavy (non-hydrogen) atoms. The number of hydrogen-bond acceptors (Lipinski definition) is 1. The van der Waals surface area contributed by atoms with Crippen LogP contribution in [0.15, 0.2) is 11.6 Å². The smallest absolute Gasteiger partial charge is 0.0803 e. The Kier molecular flexibility index (Phi) is 2.10. The van der Waals surface area contributed by atoms with Crippen molar-refractivity contribution in [3.63, 3.8) is 0 Å². The maximum absolute atomic E-state index is 9.74. The molecule has 1 N–H and O–H groups in total. The SMILES string of the molecule is CC1CC=C(C(C)(C)O)C1C. The zero-order valence-electron chi connectivity index (χ0n) is 7.89. The number of hydrogen-bond donors (Lipinski definition) is 1. The molecule has 1 rings (SSSR count). The van der Waals surface area contributed by atoms with E-state index in [4.69, 9.17) is 0 Å². The lowest BCUT2D eigenvalue weighted by Gasteiger charge is -2.25. The first kappa shape index (κ1) is 8.79. The van der Waals surface area contributed by atoms with E-state index in [1.807, 2.05) is 13.8 Å². The molecule has 0 saturated carbocycles. The molecular weight excluding hydrogens is 136 g/mol. The van der Waals surface area contributed by atoms with Gasteiger partial charge in [-0.25, -0.2) is 0 Å². The molecule has 0 radical (unpaired) electrons. The lowest BCUT2D eigenvalue weighted by molar-refractivity contribution is 0.107. The summed E-state index contributed by atoms with van der Waals surface area (Å²) in [6, 6.07) is 0. The van der Waals surface area contributed by atoms with Gasteiger partial charge in [-0.2, -0.15) is 0 Å². The summed E-state index contributed by atoms with van der Waals surface area (Å²) in [5.74, 6) is 1.26. The second kappa shape index (κ2) is 2.63. The van der Waals surface area contributed by atoms with E-state index < -0.39 is 5.60 Å². The summed E-state index contributed by atoms with van der Waals surface area (Å²) in [4.78, 5) is 0. The topological polar surface area (TPSA) is 20.2 Å². The van der Waals surface area contributed by atoms with Gasteiger partial charge in [-0.1, -0.05) is 19.9 Å². The highest BCUT2D eigenvalue weighted by Crippen LogP contribution is 2.36. The maximum atomic E-state index is 9.74. The van der Waals surface area contributed by atoms with Crippen LogP contribution in [0.1, 0.15) is 34.1 Å². The van der Waals surface area contributed by atoms with Crippen molar-refractivity contribution in [3.8, 4) is 0 Å². The summed E-state index contributed by atoms with van der Waals surface area (Å²) >= 11 is 0. The van der Waals surface area contributed by atoms with E-state index in [0.717, 1.165) is 6.42 Å². The molecule has 1 aliphatic carbocycles. The Bertz CT molecular complexity index is 174. The van der Waals surface area contributed by atoms with Crippen LogP contribution in [0.4, 0.5) is 0 Å². The first-order valence-electron chi connectivity index (χ1n) is 4.36. The molecule has 1 aliphatic rings. The first-order chi connectivity index (χ1) is 4.93. The first-order valence-corrected chi connectivity index (χ1v) is 4.36. The van der Waals surface area contributed by atoms with Crippen LogP contribution in [-0.4, -0.2) is 10.7 Å². The molecule has 1 heteroatoms. The van der Waals surface area contributed by atoms with Crippen LogP contribution in [0.2, 0.25) is 0 Å². The highest BCUT2D eigenvalue weighted by Gasteiger charge is 2.31. The van der Waals surface area contributed by atoms with E-state index in [1.54, 1.807) is 0 Å². The Balaban J connectivity index is 2.76. The molecule has 2 atom stereocenters. The normalized spacial score (nSPS) is 32.3. The molecule has 0 amide bonds. The van der Waals surface area contributed by atoms with Crippen LogP contribution in [0.3, 0.4) is 0 Å². The van der Waals surface area contributed by atoms with Gasteiger partial charge >= 0.3 is 0 Å². The van der Waals surface area contributed by atoms with Crippen molar-refractivity contribution in [2.45, 2.75) is 39.7 Å². The van der Waals surface area contributed by atoms with Gasteiger partial charge in [0.15, 0.2) is 0 Å². The standard InChI is InChI=1S/C10H18O/c1-7-5-6-9(8(7)2)10(3,4)11/h6-8,11H,5H2,1-4H3. The Morgan fingerprint density at radius 1 is 1.45 bits per heavy atom. The Morgan fingerprint density at radius 2 is 2.00 bits per heavy atom. The van der Waals surface area contributed by atoms with Gasteiger partial charge in [0, 0.05) is 0 Å². The quantitative estimate of drug-likeness (QED) is 0.575. The van der Waals surface area contributed by atoms with Crippen molar-refractivity contribution in [2.24, 2.45) is 11.8 Å². The highest BCUT2D eigenvalue weighted by atomic mass is 16.3. The van der Waals surface area contributed by atoms with E-state index >= 15 is 0 Å². The minimum atomic E-state index is -0.607. The van der Waals surface area contributed by atoms with Gasteiger partial charge in [-0.15, -0.1) is 0 Å². The summed E-state index contributed by atoms with van der Waals surface area (Å²) in [6.45, 7) is 8.17. The van der Waals surface area contributed by atoms with Gasteiger partial charge in [0.2, 0.25) is 0 Å². The van der Waals surface area contributed by atoms with Crippen LogP contribution in [0.5, 0.6) is 0 Å². The zero-order valence-corrected chi connectivity index (χ0v) is 7.89. The summed E-state index contributed by atoms with van der Waals surface area (Å²) in [6.07, 6.45) is 3.32. The van der Waals surface area contributed by atoms with Crippen LogP contribution < -0.4 is 0 Å². The van der Waals surface area contributed by atoms with Crippen molar-refractivity contribution >= 4 is 0 Å². The molecule has 0 aliphatic heterocycles. The average molecular weight is 154 g/mol. The molecule has 0 aromatic carbocycles. The largest absolute Gasteiger partial charge is 0.386 e. The predicted molar refractivity (Wildman–Crippen MR) is 47.3 cm³/mol. The fourth-order valence-corrected chi connectivity index (χ4v) is 1.82. The second-order valence-corrected chi connectivity index (χ2v) is 4.22. The van der Waals surface area contributed by atoms with Crippen LogP contribution >= 0.6 is 0 Å². The molecule has 0 aromatic rings. The third kappa shape index (κ3) is 1.64. The minimum Gasteiger partial charge on any atom is -0.386 e. The molecule has 1 nitrogen and oxygen atoms in total. The number of rotatable bonds is 1. The van der Waals surface area contributed by atoms with E-state index in [0.29, 0.717) is 11.8 Å². The molecule has 64 valence electrons. The summed E-state index contributed by atoms with van der Waals surface area (Å²) in [7, 11) is 0. The van der Waals surface area contributed by atoms with Crippen LogP contribution in [0, 0.1) is 11.8 Å². The molecule has 2 unspecified atom stereocenters. The van der Waals surface area contributed by atoms with E-state index in [2.05, 4.69) is 19.9 Å². The molecule has 0 heterocycles. The maximum Gasteiger partial charge on any atom is 0.0803 e. The fraction of sp³-hybridized carbons (Fsp3) is 0.800. The van der Waals surface area contributed by atoms with Crippen molar-refractivity contribution in [1.29, 1.82) is 0 Å². The third-order valence-electron chi connectivity index (χ3n) is 2.76. The van der Waals surface area contributed by atoms with Crippen LogP contribution in [0.25, 0.3) is 0 Å². The van der Waals surface area contributed by atoms with Gasteiger partial charge in [0.25, 0.3) is 0 Å². The van der Waals surface area contributed by atoms with Gasteiger partial charge in [-0.3, -0.25) is 0 Å². The van der Waals surface area contributed by atoms with Crippen molar-refractivity contribution in [3.05, 3.63) is 11.6 Å². The summed E-state index contributed by atoms with van der Waals surface area (Å²) in [5.41, 5.74) is 0.606. The molecular formula is C10H18O. The Labute approximate surface area is 69.1 Å². The molecule has 0 saturated heterocycles. The zero-order chi connectivity index (χ0) is 8.65. The fourth-order valence-electron chi connectivity index (χ4n) is 1.82. The monoisotopic (exact) mass is 154 g/mol. The third-order valence-corrected chi connectivity index (χ3v) is 2.76. The predicted octanol–water partition coefficient (Wildman–Crippen LogP) is 2.36. The number of allylic oxidation sites excluding steroid dienone is 1.